The van der Waals surface area contributed by atoms with E-state index < -0.39 is 5.97 Å². The van der Waals surface area contributed by atoms with E-state index in [2.05, 4.69) is 0 Å². The molecule has 1 rings (SSSR count). The van der Waals surface area contributed by atoms with Crippen molar-refractivity contribution in [2.45, 2.75) is 13.5 Å². The van der Waals surface area contributed by atoms with Crippen molar-refractivity contribution in [3.05, 3.63) is 23.8 Å². The van der Waals surface area contributed by atoms with Gasteiger partial charge >= 0.3 is 0 Å². The van der Waals surface area contributed by atoms with Crippen molar-refractivity contribution in [2.24, 2.45) is 0 Å². The number of benzene rings is 1. The molecule has 0 radical (unpaired) electrons. The summed E-state index contributed by atoms with van der Waals surface area (Å²) in [6.07, 6.45) is 0. The van der Waals surface area contributed by atoms with Crippen LogP contribution in [0.2, 0.25) is 0 Å². The number of rotatable bonds is 7. The van der Waals surface area contributed by atoms with E-state index in [0.717, 1.165) is 22.0 Å². The molecule has 0 aliphatic heterocycles. The van der Waals surface area contributed by atoms with Gasteiger partial charge in [-0.1, -0.05) is 0 Å². The lowest BCUT2D eigenvalue weighted by Gasteiger charge is -2.19. The zero-order valence-electron chi connectivity index (χ0n) is 11.0. The van der Waals surface area contributed by atoms with Crippen LogP contribution in [-0.4, -0.2) is 33.3 Å². The Morgan fingerprint density at radius 2 is 2.06 bits per heavy atom. The third-order valence-electron chi connectivity index (χ3n) is 2.82. The number of hydrogen-bond donors (Lipinski definition) is 1. The second-order valence-electron chi connectivity index (χ2n) is 4.01. The molecular formula is C13H19NO4. The van der Waals surface area contributed by atoms with Gasteiger partial charge in [0.2, 0.25) is 0 Å². The van der Waals surface area contributed by atoms with Crippen LogP contribution in [0.3, 0.4) is 0 Å². The molecule has 1 atom stereocenters. The molecule has 0 saturated carbocycles. The van der Waals surface area contributed by atoms with E-state index in [1.807, 2.05) is 25.1 Å². The molecular weight excluding hydrogens is 234 g/mol. The lowest BCUT2D eigenvalue weighted by Crippen LogP contribution is -3.11. The number of methoxy groups -OCH3 is 2. The number of aliphatic carboxylic acids is 1. The highest BCUT2D eigenvalue weighted by molar-refractivity contribution is 5.65. The summed E-state index contributed by atoms with van der Waals surface area (Å²) in [4.78, 5) is 11.6. The molecule has 5 heteroatoms. The van der Waals surface area contributed by atoms with Gasteiger partial charge < -0.3 is 24.3 Å². The Balaban J connectivity index is 2.88. The SMILES string of the molecule is CC[NH+](CC(=O)[O-])Cc1cc(OC)ccc1OC. The van der Waals surface area contributed by atoms with Crippen LogP contribution < -0.4 is 19.5 Å². The predicted octanol–water partition coefficient (Wildman–Crippen LogP) is -1.14. The summed E-state index contributed by atoms with van der Waals surface area (Å²) >= 11 is 0. The van der Waals surface area contributed by atoms with Gasteiger partial charge in [-0.25, -0.2) is 0 Å². The molecule has 1 unspecified atom stereocenters. The van der Waals surface area contributed by atoms with Crippen molar-refractivity contribution in [3.8, 4) is 11.5 Å². The van der Waals surface area contributed by atoms with Crippen LogP contribution in [0.15, 0.2) is 18.2 Å². The van der Waals surface area contributed by atoms with Crippen LogP contribution in [0.1, 0.15) is 12.5 Å². The van der Waals surface area contributed by atoms with Crippen molar-refractivity contribution in [2.75, 3.05) is 27.3 Å². The molecule has 0 heterocycles. The van der Waals surface area contributed by atoms with Crippen molar-refractivity contribution in [1.29, 1.82) is 0 Å². The predicted molar refractivity (Wildman–Crippen MR) is 64.6 cm³/mol. The standard InChI is InChI=1S/C13H19NO4/c1-4-14(9-13(15)16)8-10-7-11(17-2)5-6-12(10)18-3/h5-7H,4,8-9H2,1-3H3,(H,15,16). The van der Waals surface area contributed by atoms with E-state index in [1.54, 1.807) is 14.2 Å². The molecule has 100 valence electrons. The molecule has 0 bridgehead atoms. The minimum Gasteiger partial charge on any atom is -0.544 e. The Kier molecular flexibility index (Phi) is 5.45. The van der Waals surface area contributed by atoms with Gasteiger partial charge in [-0.3, -0.25) is 0 Å². The third-order valence-corrected chi connectivity index (χ3v) is 2.82. The molecule has 0 aliphatic rings. The molecule has 0 spiro atoms. The number of carboxylic acids is 1. The summed E-state index contributed by atoms with van der Waals surface area (Å²) in [6, 6.07) is 5.50. The zero-order chi connectivity index (χ0) is 13.5. The molecule has 1 aromatic rings. The lowest BCUT2D eigenvalue weighted by atomic mass is 10.1. The van der Waals surface area contributed by atoms with Crippen LogP contribution in [0.25, 0.3) is 0 Å². The van der Waals surface area contributed by atoms with Gasteiger partial charge in [-0.2, -0.15) is 0 Å². The molecule has 1 aromatic carbocycles. The number of carbonyl (C=O) groups excluding carboxylic acids is 1. The van der Waals surface area contributed by atoms with Gasteiger partial charge in [0.1, 0.15) is 24.6 Å². The van der Waals surface area contributed by atoms with E-state index in [1.165, 1.54) is 0 Å². The van der Waals surface area contributed by atoms with Crippen molar-refractivity contribution < 1.29 is 24.3 Å². The van der Waals surface area contributed by atoms with Gasteiger partial charge in [0, 0.05) is 0 Å². The highest BCUT2D eigenvalue weighted by atomic mass is 16.5. The van der Waals surface area contributed by atoms with E-state index in [9.17, 15) is 9.90 Å². The fourth-order valence-corrected chi connectivity index (χ4v) is 1.81. The van der Waals surface area contributed by atoms with Crippen LogP contribution in [0, 0.1) is 0 Å². The number of nitrogens with one attached hydrogen (secondary N) is 1. The van der Waals surface area contributed by atoms with E-state index >= 15 is 0 Å². The summed E-state index contributed by atoms with van der Waals surface area (Å²) in [6.45, 7) is 3.18. The molecule has 0 fully saturated rings. The number of hydrogen-bond acceptors (Lipinski definition) is 4. The third kappa shape index (κ3) is 3.92. The quantitative estimate of drug-likeness (QED) is 0.667. The molecule has 18 heavy (non-hydrogen) atoms. The average molecular weight is 253 g/mol. The largest absolute Gasteiger partial charge is 0.544 e. The first-order valence-electron chi connectivity index (χ1n) is 5.85. The lowest BCUT2D eigenvalue weighted by molar-refractivity contribution is -0.906. The summed E-state index contributed by atoms with van der Waals surface area (Å²) in [5.74, 6) is 0.420. The first-order valence-corrected chi connectivity index (χ1v) is 5.85. The molecule has 1 N–H and O–H groups in total. The van der Waals surface area contributed by atoms with Crippen LogP contribution >= 0.6 is 0 Å². The van der Waals surface area contributed by atoms with E-state index in [4.69, 9.17) is 9.47 Å². The first-order chi connectivity index (χ1) is 8.60. The fourth-order valence-electron chi connectivity index (χ4n) is 1.81. The second-order valence-corrected chi connectivity index (χ2v) is 4.01. The van der Waals surface area contributed by atoms with Gasteiger partial charge in [-0.15, -0.1) is 0 Å². The Morgan fingerprint density at radius 3 is 2.56 bits per heavy atom. The number of quaternary nitrogens is 1. The van der Waals surface area contributed by atoms with Crippen molar-refractivity contribution >= 4 is 5.97 Å². The Labute approximate surface area is 107 Å². The summed E-state index contributed by atoms with van der Waals surface area (Å²) in [7, 11) is 3.19. The smallest absolute Gasteiger partial charge is 0.127 e. The summed E-state index contributed by atoms with van der Waals surface area (Å²) in [5, 5.41) is 10.6. The average Bonchev–Trinajstić information content (AvgIpc) is 2.37. The second kappa shape index (κ2) is 6.86. The van der Waals surface area contributed by atoms with Gasteiger partial charge in [0.25, 0.3) is 0 Å². The topological polar surface area (TPSA) is 63.0 Å². The fraction of sp³-hybridized carbons (Fsp3) is 0.462. The molecule has 5 nitrogen and oxygen atoms in total. The number of carboxylic acid groups (broad SMARTS) is 1. The summed E-state index contributed by atoms with van der Waals surface area (Å²) in [5.41, 5.74) is 0.926. The van der Waals surface area contributed by atoms with Gasteiger partial charge in [0.15, 0.2) is 0 Å². The maximum absolute atomic E-state index is 10.6. The molecule has 0 aromatic heterocycles. The normalized spacial score (nSPS) is 11.9. The van der Waals surface area contributed by atoms with Crippen LogP contribution in [0.4, 0.5) is 0 Å². The maximum Gasteiger partial charge on any atom is 0.127 e. The van der Waals surface area contributed by atoms with Crippen LogP contribution in [-0.2, 0) is 11.3 Å². The van der Waals surface area contributed by atoms with Crippen LogP contribution in [0.5, 0.6) is 11.5 Å². The highest BCUT2D eigenvalue weighted by Crippen LogP contribution is 2.23. The summed E-state index contributed by atoms with van der Waals surface area (Å²) < 4.78 is 10.4. The van der Waals surface area contributed by atoms with E-state index in [-0.39, 0.29) is 6.54 Å². The first kappa shape index (κ1) is 14.3. The number of carbonyl (C=O) groups is 1. The highest BCUT2D eigenvalue weighted by Gasteiger charge is 2.12. The molecule has 0 aliphatic carbocycles. The minimum absolute atomic E-state index is 0.0170. The Morgan fingerprint density at radius 1 is 1.33 bits per heavy atom. The Bertz CT molecular complexity index is 406. The minimum atomic E-state index is -1.05. The van der Waals surface area contributed by atoms with E-state index in [0.29, 0.717) is 13.1 Å². The monoisotopic (exact) mass is 253 g/mol. The Hall–Kier alpha value is -1.75. The molecule has 0 saturated heterocycles. The molecule has 0 amide bonds. The van der Waals surface area contributed by atoms with Gasteiger partial charge in [-0.05, 0) is 25.1 Å². The van der Waals surface area contributed by atoms with Crippen molar-refractivity contribution in [1.82, 2.24) is 0 Å². The zero-order valence-corrected chi connectivity index (χ0v) is 11.0. The van der Waals surface area contributed by atoms with Crippen molar-refractivity contribution in [3.63, 3.8) is 0 Å². The van der Waals surface area contributed by atoms with Gasteiger partial charge in [0.05, 0.1) is 32.3 Å². The maximum atomic E-state index is 10.6. The number of likely N-dealkylation sites (N-methyl/N-ethyl adjacent to an activating group) is 1. The number of ether oxygens (including phenoxy) is 2.